The monoisotopic (exact) mass is 586 g/mol. The number of anilines is 2. The van der Waals surface area contributed by atoms with Crippen LogP contribution in [0.1, 0.15) is 10.5 Å². The van der Waals surface area contributed by atoms with Gasteiger partial charge in [0.05, 0.1) is 19.1 Å². The van der Waals surface area contributed by atoms with Crippen LogP contribution in [0.5, 0.6) is 17.6 Å². The summed E-state index contributed by atoms with van der Waals surface area (Å²) < 4.78 is 45.3. The van der Waals surface area contributed by atoms with Gasteiger partial charge in [-0.05, 0) is 53.6 Å². The molecule has 42 heavy (non-hydrogen) atoms. The largest absolute Gasteiger partial charge is 0.481 e. The lowest BCUT2D eigenvalue weighted by Crippen LogP contribution is -2.16. The van der Waals surface area contributed by atoms with E-state index < -0.39 is 15.9 Å². The maximum Gasteiger partial charge on any atom is 0.321 e. The second-order valence-electron chi connectivity index (χ2n) is 8.77. The van der Waals surface area contributed by atoms with E-state index in [0.29, 0.717) is 11.4 Å². The van der Waals surface area contributed by atoms with Crippen molar-refractivity contribution < 1.29 is 27.4 Å². The fourth-order valence-electron chi connectivity index (χ4n) is 3.83. The molecule has 13 heteroatoms. The van der Waals surface area contributed by atoms with Crippen molar-refractivity contribution in [1.29, 1.82) is 0 Å². The number of rotatable bonds is 11. The normalized spacial score (nSPS) is 11.0. The Bertz CT molecular complexity index is 1750. The zero-order valence-corrected chi connectivity index (χ0v) is 23.4. The standard InChI is InChI=1S/C29H26N6O6S/c1-39-27-18-26(31-29(32-27)40-2)34-42(37,38)24-14-10-22(11-15-24)30-28(36)25-16-17-35(33-25)19-41-23-12-8-21(9-13-23)20-6-4-3-5-7-20/h3-18H,19H2,1-2H3,(H,30,36)(H,31,32,34). The number of hydrogen-bond acceptors (Lipinski definition) is 9. The highest BCUT2D eigenvalue weighted by Crippen LogP contribution is 2.23. The first kappa shape index (κ1) is 28.1. The van der Waals surface area contributed by atoms with Gasteiger partial charge < -0.3 is 19.5 Å². The molecule has 0 bridgehead atoms. The average Bonchev–Trinajstić information content (AvgIpc) is 3.50. The molecule has 0 saturated heterocycles. The minimum Gasteiger partial charge on any atom is -0.481 e. The molecule has 0 fully saturated rings. The van der Waals surface area contributed by atoms with E-state index in [1.807, 2.05) is 54.6 Å². The third-order valence-electron chi connectivity index (χ3n) is 5.93. The van der Waals surface area contributed by atoms with Gasteiger partial charge in [0.2, 0.25) is 5.88 Å². The van der Waals surface area contributed by atoms with Crippen LogP contribution in [0, 0.1) is 0 Å². The maximum absolute atomic E-state index is 12.8. The number of carbonyl (C=O) groups excluding carboxylic acids is 1. The first-order chi connectivity index (χ1) is 20.3. The Kier molecular flexibility index (Phi) is 8.29. The predicted octanol–water partition coefficient (Wildman–Crippen LogP) is 4.45. The Hall–Kier alpha value is -5.43. The molecule has 5 aromatic rings. The van der Waals surface area contributed by atoms with Crippen molar-refractivity contribution in [3.63, 3.8) is 0 Å². The fourth-order valence-corrected chi connectivity index (χ4v) is 4.82. The van der Waals surface area contributed by atoms with Gasteiger partial charge in [0.1, 0.15) is 5.75 Å². The number of methoxy groups -OCH3 is 2. The fraction of sp³-hybridized carbons (Fsp3) is 0.103. The molecule has 5 rings (SSSR count). The van der Waals surface area contributed by atoms with Gasteiger partial charge in [-0.2, -0.15) is 15.1 Å². The summed E-state index contributed by atoms with van der Waals surface area (Å²) in [7, 11) is -1.26. The molecular weight excluding hydrogens is 560 g/mol. The summed E-state index contributed by atoms with van der Waals surface area (Å²) >= 11 is 0. The molecule has 0 saturated carbocycles. The topological polar surface area (TPSA) is 147 Å². The molecule has 3 aromatic carbocycles. The van der Waals surface area contributed by atoms with Gasteiger partial charge in [-0.15, -0.1) is 0 Å². The molecule has 1 amide bonds. The van der Waals surface area contributed by atoms with Crippen LogP contribution in [0.2, 0.25) is 0 Å². The van der Waals surface area contributed by atoms with Crippen molar-refractivity contribution in [1.82, 2.24) is 19.7 Å². The molecule has 0 spiro atoms. The van der Waals surface area contributed by atoms with Crippen molar-refractivity contribution >= 4 is 27.4 Å². The van der Waals surface area contributed by atoms with Gasteiger partial charge in [-0.1, -0.05) is 42.5 Å². The summed E-state index contributed by atoms with van der Waals surface area (Å²) in [4.78, 5) is 20.6. The summed E-state index contributed by atoms with van der Waals surface area (Å²) in [5, 5.41) is 6.96. The number of aromatic nitrogens is 4. The number of sulfonamides is 1. The van der Waals surface area contributed by atoms with E-state index in [-0.39, 0.29) is 35.0 Å². The zero-order valence-electron chi connectivity index (χ0n) is 22.6. The summed E-state index contributed by atoms with van der Waals surface area (Å²) in [6.45, 7) is 0.113. The van der Waals surface area contributed by atoms with Crippen molar-refractivity contribution in [2.45, 2.75) is 11.6 Å². The van der Waals surface area contributed by atoms with Gasteiger partial charge >= 0.3 is 6.01 Å². The first-order valence-corrected chi connectivity index (χ1v) is 14.0. The molecule has 0 atom stereocenters. The Morgan fingerprint density at radius 1 is 0.857 bits per heavy atom. The number of carbonyl (C=O) groups is 1. The minimum atomic E-state index is -4.00. The Labute approximate surface area is 242 Å². The van der Waals surface area contributed by atoms with Crippen LogP contribution in [-0.4, -0.2) is 48.3 Å². The number of nitrogens with zero attached hydrogens (tertiary/aromatic N) is 4. The van der Waals surface area contributed by atoms with Crippen LogP contribution in [0.4, 0.5) is 11.5 Å². The van der Waals surface area contributed by atoms with Crippen LogP contribution >= 0.6 is 0 Å². The van der Waals surface area contributed by atoms with E-state index >= 15 is 0 Å². The Morgan fingerprint density at radius 2 is 1.57 bits per heavy atom. The molecule has 0 aliphatic rings. The predicted molar refractivity (Wildman–Crippen MR) is 155 cm³/mol. The van der Waals surface area contributed by atoms with Crippen molar-refractivity contribution in [2.24, 2.45) is 0 Å². The number of nitrogens with one attached hydrogen (secondary N) is 2. The van der Waals surface area contributed by atoms with E-state index in [0.717, 1.165) is 11.1 Å². The third kappa shape index (κ3) is 6.82. The highest BCUT2D eigenvalue weighted by Gasteiger charge is 2.18. The molecule has 0 unspecified atom stereocenters. The second kappa shape index (κ2) is 12.4. The maximum atomic E-state index is 12.8. The van der Waals surface area contributed by atoms with Gasteiger partial charge in [-0.3, -0.25) is 9.52 Å². The molecular formula is C29H26N6O6S. The number of benzene rings is 3. The number of hydrogen-bond donors (Lipinski definition) is 2. The molecule has 0 aliphatic heterocycles. The molecule has 2 N–H and O–H groups in total. The SMILES string of the molecule is COc1cc(NS(=O)(=O)c2ccc(NC(=O)c3ccn(COc4ccc(-c5ccccc5)cc4)n3)cc2)nc(OC)n1. The average molecular weight is 587 g/mol. The molecule has 12 nitrogen and oxygen atoms in total. The van der Waals surface area contributed by atoms with E-state index in [9.17, 15) is 13.2 Å². The van der Waals surface area contributed by atoms with E-state index in [1.165, 1.54) is 49.2 Å². The Balaban J connectivity index is 1.17. The smallest absolute Gasteiger partial charge is 0.321 e. The molecule has 214 valence electrons. The van der Waals surface area contributed by atoms with Crippen LogP contribution in [-0.2, 0) is 16.8 Å². The number of amides is 1. The van der Waals surface area contributed by atoms with E-state index in [1.54, 1.807) is 12.3 Å². The second-order valence-corrected chi connectivity index (χ2v) is 10.5. The van der Waals surface area contributed by atoms with Crippen LogP contribution in [0.15, 0.2) is 102 Å². The zero-order chi connectivity index (χ0) is 29.5. The van der Waals surface area contributed by atoms with Crippen LogP contribution in [0.3, 0.4) is 0 Å². The molecule has 2 aromatic heterocycles. The molecule has 0 aliphatic carbocycles. The lowest BCUT2D eigenvalue weighted by molar-refractivity contribution is 0.102. The molecule has 2 heterocycles. The Morgan fingerprint density at radius 3 is 2.26 bits per heavy atom. The summed E-state index contributed by atoms with van der Waals surface area (Å²) in [6, 6.07) is 26.2. The van der Waals surface area contributed by atoms with Gasteiger partial charge in [0.25, 0.3) is 15.9 Å². The summed E-state index contributed by atoms with van der Waals surface area (Å²) in [5.74, 6) is 0.303. The lowest BCUT2D eigenvalue weighted by Gasteiger charge is -2.10. The van der Waals surface area contributed by atoms with Crippen LogP contribution in [0.25, 0.3) is 11.1 Å². The quantitative estimate of drug-likeness (QED) is 0.229. The van der Waals surface area contributed by atoms with Crippen molar-refractivity contribution in [3.8, 4) is 28.8 Å². The van der Waals surface area contributed by atoms with E-state index in [4.69, 9.17) is 14.2 Å². The van der Waals surface area contributed by atoms with Gasteiger partial charge in [-0.25, -0.2) is 13.1 Å². The van der Waals surface area contributed by atoms with Gasteiger partial charge in [0, 0.05) is 18.0 Å². The van der Waals surface area contributed by atoms with Crippen molar-refractivity contribution in [2.75, 3.05) is 24.3 Å². The molecule has 0 radical (unpaired) electrons. The van der Waals surface area contributed by atoms with Crippen molar-refractivity contribution in [3.05, 3.63) is 103 Å². The van der Waals surface area contributed by atoms with E-state index in [2.05, 4.69) is 25.1 Å². The van der Waals surface area contributed by atoms with Crippen LogP contribution < -0.4 is 24.2 Å². The minimum absolute atomic E-state index is 0.0279. The summed E-state index contributed by atoms with van der Waals surface area (Å²) in [5.41, 5.74) is 2.75. The lowest BCUT2D eigenvalue weighted by atomic mass is 10.1. The highest BCUT2D eigenvalue weighted by molar-refractivity contribution is 7.92. The highest BCUT2D eigenvalue weighted by atomic mass is 32.2. The first-order valence-electron chi connectivity index (χ1n) is 12.6. The summed E-state index contributed by atoms with van der Waals surface area (Å²) in [6.07, 6.45) is 1.63. The van der Waals surface area contributed by atoms with Gasteiger partial charge in [0.15, 0.2) is 18.2 Å². The third-order valence-corrected chi connectivity index (χ3v) is 7.30. The number of ether oxygens (including phenoxy) is 3.